The molecule has 0 bridgehead atoms. The number of halogens is 1. The predicted molar refractivity (Wildman–Crippen MR) is 71.2 cm³/mol. The third kappa shape index (κ3) is 4.07. The summed E-state index contributed by atoms with van der Waals surface area (Å²) < 4.78 is 18.7. The molecule has 1 aromatic rings. The maximum Gasteiger partial charge on any atom is 0.123 e. The van der Waals surface area contributed by atoms with Gasteiger partial charge >= 0.3 is 0 Å². The fourth-order valence-corrected chi connectivity index (χ4v) is 2.52. The second-order valence-corrected chi connectivity index (χ2v) is 5.63. The molecule has 0 amide bonds. The third-order valence-corrected chi connectivity index (χ3v) is 3.43. The molecule has 1 atom stereocenters. The van der Waals surface area contributed by atoms with Gasteiger partial charge in [-0.05, 0) is 57.4 Å². The van der Waals surface area contributed by atoms with Crippen molar-refractivity contribution in [2.75, 3.05) is 13.2 Å². The van der Waals surface area contributed by atoms with E-state index >= 15 is 0 Å². The van der Waals surface area contributed by atoms with E-state index in [0.717, 1.165) is 38.0 Å². The van der Waals surface area contributed by atoms with E-state index in [1.165, 1.54) is 6.07 Å². The van der Waals surface area contributed by atoms with Crippen LogP contribution in [0.1, 0.15) is 32.3 Å². The van der Waals surface area contributed by atoms with Crippen LogP contribution in [-0.2, 0) is 11.2 Å². The summed E-state index contributed by atoms with van der Waals surface area (Å²) in [5.74, 6) is -0.153. The van der Waals surface area contributed by atoms with Gasteiger partial charge in [-0.1, -0.05) is 12.1 Å². The number of hydrogen-bond acceptors (Lipinski definition) is 2. The molecule has 1 heterocycles. The molecule has 100 valence electrons. The molecule has 18 heavy (non-hydrogen) atoms. The van der Waals surface area contributed by atoms with Gasteiger partial charge in [0, 0.05) is 12.6 Å². The molecule has 1 N–H and O–H groups in total. The van der Waals surface area contributed by atoms with Crippen LogP contribution in [-0.4, -0.2) is 24.8 Å². The van der Waals surface area contributed by atoms with E-state index in [0.29, 0.717) is 6.04 Å². The van der Waals surface area contributed by atoms with Gasteiger partial charge in [0.15, 0.2) is 0 Å². The normalized spacial score (nSPS) is 22.9. The largest absolute Gasteiger partial charge is 0.375 e. The van der Waals surface area contributed by atoms with E-state index in [1.54, 1.807) is 12.1 Å². The molecular weight excluding hydrogens is 229 g/mol. The zero-order valence-electron chi connectivity index (χ0n) is 11.2. The third-order valence-electron chi connectivity index (χ3n) is 3.43. The van der Waals surface area contributed by atoms with E-state index < -0.39 is 0 Å². The van der Waals surface area contributed by atoms with Crippen molar-refractivity contribution in [2.45, 2.75) is 44.8 Å². The van der Waals surface area contributed by atoms with Crippen molar-refractivity contribution >= 4 is 0 Å². The molecule has 1 unspecified atom stereocenters. The minimum atomic E-state index is -0.153. The van der Waals surface area contributed by atoms with Crippen LogP contribution in [0.5, 0.6) is 0 Å². The Morgan fingerprint density at radius 1 is 1.44 bits per heavy atom. The highest BCUT2D eigenvalue weighted by molar-refractivity contribution is 5.16. The Morgan fingerprint density at radius 2 is 2.28 bits per heavy atom. The maximum absolute atomic E-state index is 13.0. The first kappa shape index (κ1) is 13.5. The summed E-state index contributed by atoms with van der Waals surface area (Å²) in [4.78, 5) is 0. The van der Waals surface area contributed by atoms with Gasteiger partial charge in [-0.15, -0.1) is 0 Å². The van der Waals surface area contributed by atoms with Gasteiger partial charge in [0.1, 0.15) is 5.82 Å². The summed E-state index contributed by atoms with van der Waals surface area (Å²) in [6.07, 6.45) is 2.97. The second kappa shape index (κ2) is 5.81. The Labute approximate surface area is 109 Å². The van der Waals surface area contributed by atoms with Gasteiger partial charge in [0.05, 0.1) is 5.60 Å². The fourth-order valence-electron chi connectivity index (χ4n) is 2.52. The molecule has 3 heteroatoms. The molecule has 0 spiro atoms. The SMILES string of the molecule is CC1(C)CC(NCCc2cccc(F)c2)CCO1. The molecule has 2 nitrogen and oxygen atoms in total. The average molecular weight is 251 g/mol. The van der Waals surface area contributed by atoms with Crippen molar-refractivity contribution in [2.24, 2.45) is 0 Å². The monoisotopic (exact) mass is 251 g/mol. The average Bonchev–Trinajstić information content (AvgIpc) is 2.28. The molecule has 1 saturated heterocycles. The van der Waals surface area contributed by atoms with Gasteiger partial charge in [0.2, 0.25) is 0 Å². The van der Waals surface area contributed by atoms with E-state index in [2.05, 4.69) is 19.2 Å². The van der Waals surface area contributed by atoms with Crippen LogP contribution < -0.4 is 5.32 Å². The molecule has 0 aromatic heterocycles. The van der Waals surface area contributed by atoms with Crippen LogP contribution >= 0.6 is 0 Å². The Hall–Kier alpha value is -0.930. The molecule has 1 aromatic carbocycles. The Bertz CT molecular complexity index is 392. The van der Waals surface area contributed by atoms with Crippen LogP contribution in [0.2, 0.25) is 0 Å². The van der Waals surface area contributed by atoms with Crippen molar-refractivity contribution in [3.63, 3.8) is 0 Å². The predicted octanol–water partition coefficient (Wildman–Crippen LogP) is 2.92. The number of nitrogens with one attached hydrogen (secondary N) is 1. The first-order valence-corrected chi connectivity index (χ1v) is 6.67. The van der Waals surface area contributed by atoms with Gasteiger partial charge in [-0.3, -0.25) is 0 Å². The lowest BCUT2D eigenvalue weighted by molar-refractivity contribution is -0.0627. The van der Waals surface area contributed by atoms with E-state index in [4.69, 9.17) is 4.74 Å². The van der Waals surface area contributed by atoms with Gasteiger partial charge < -0.3 is 10.1 Å². The molecular formula is C15H22FNO. The number of hydrogen-bond donors (Lipinski definition) is 1. The van der Waals surface area contributed by atoms with Gasteiger partial charge in [-0.25, -0.2) is 4.39 Å². The summed E-state index contributed by atoms with van der Waals surface area (Å²) in [5.41, 5.74) is 1.03. The minimum absolute atomic E-state index is 0.0191. The maximum atomic E-state index is 13.0. The Balaban J connectivity index is 1.75. The van der Waals surface area contributed by atoms with Gasteiger partial charge in [-0.2, -0.15) is 0 Å². The summed E-state index contributed by atoms with van der Waals surface area (Å²) in [6.45, 7) is 5.98. The standard InChI is InChI=1S/C15H22FNO/c1-15(2)11-14(7-9-18-15)17-8-6-12-4-3-5-13(16)10-12/h3-5,10,14,17H,6-9,11H2,1-2H3. The lowest BCUT2D eigenvalue weighted by Crippen LogP contribution is -2.44. The molecule has 1 aliphatic heterocycles. The lowest BCUT2D eigenvalue weighted by Gasteiger charge is -2.36. The molecule has 0 saturated carbocycles. The number of ether oxygens (including phenoxy) is 1. The molecule has 0 aliphatic carbocycles. The summed E-state index contributed by atoms with van der Waals surface area (Å²) >= 11 is 0. The van der Waals surface area contributed by atoms with E-state index in [1.807, 2.05) is 6.07 Å². The number of benzene rings is 1. The van der Waals surface area contributed by atoms with Crippen molar-refractivity contribution in [3.05, 3.63) is 35.6 Å². The molecule has 1 aliphatic rings. The van der Waals surface area contributed by atoms with Crippen molar-refractivity contribution < 1.29 is 9.13 Å². The van der Waals surface area contributed by atoms with Crippen LogP contribution in [0, 0.1) is 5.82 Å². The molecule has 1 fully saturated rings. The zero-order valence-corrected chi connectivity index (χ0v) is 11.2. The smallest absolute Gasteiger partial charge is 0.123 e. The highest BCUT2D eigenvalue weighted by Crippen LogP contribution is 2.23. The summed E-state index contributed by atoms with van der Waals surface area (Å²) in [5, 5.41) is 3.54. The van der Waals surface area contributed by atoms with Crippen molar-refractivity contribution in [1.29, 1.82) is 0 Å². The second-order valence-electron chi connectivity index (χ2n) is 5.63. The topological polar surface area (TPSA) is 21.3 Å². The zero-order chi connectivity index (χ0) is 13.0. The molecule has 0 radical (unpaired) electrons. The lowest BCUT2D eigenvalue weighted by atomic mass is 9.94. The summed E-state index contributed by atoms with van der Waals surface area (Å²) in [7, 11) is 0. The van der Waals surface area contributed by atoms with Crippen LogP contribution in [0.15, 0.2) is 24.3 Å². The first-order chi connectivity index (χ1) is 8.55. The van der Waals surface area contributed by atoms with Crippen LogP contribution in [0.25, 0.3) is 0 Å². The Kier molecular flexibility index (Phi) is 4.36. The van der Waals surface area contributed by atoms with E-state index in [-0.39, 0.29) is 11.4 Å². The highest BCUT2D eigenvalue weighted by atomic mass is 19.1. The first-order valence-electron chi connectivity index (χ1n) is 6.67. The van der Waals surface area contributed by atoms with Crippen molar-refractivity contribution in [1.82, 2.24) is 5.32 Å². The van der Waals surface area contributed by atoms with Gasteiger partial charge in [0.25, 0.3) is 0 Å². The quantitative estimate of drug-likeness (QED) is 0.888. The van der Waals surface area contributed by atoms with E-state index in [9.17, 15) is 4.39 Å². The fraction of sp³-hybridized carbons (Fsp3) is 0.600. The number of rotatable bonds is 4. The highest BCUT2D eigenvalue weighted by Gasteiger charge is 2.28. The van der Waals surface area contributed by atoms with Crippen LogP contribution in [0.3, 0.4) is 0 Å². The Morgan fingerprint density at radius 3 is 3.00 bits per heavy atom. The summed E-state index contributed by atoms with van der Waals surface area (Å²) in [6, 6.07) is 7.34. The van der Waals surface area contributed by atoms with Crippen molar-refractivity contribution in [3.8, 4) is 0 Å². The minimum Gasteiger partial charge on any atom is -0.375 e. The van der Waals surface area contributed by atoms with Crippen LogP contribution in [0.4, 0.5) is 4.39 Å². The molecule has 2 rings (SSSR count).